The van der Waals surface area contributed by atoms with Crippen molar-refractivity contribution in [2.45, 2.75) is 13.8 Å². The Kier molecular flexibility index (Phi) is 2.21. The van der Waals surface area contributed by atoms with Crippen LogP contribution in [0, 0.1) is 13.8 Å². The van der Waals surface area contributed by atoms with E-state index in [1.165, 1.54) is 6.26 Å². The minimum Gasteiger partial charge on any atom is -0.449 e. The summed E-state index contributed by atoms with van der Waals surface area (Å²) in [6, 6.07) is 1.69. The number of rotatable bonds is 1. The van der Waals surface area contributed by atoms with Gasteiger partial charge in [-0.1, -0.05) is 11.6 Å². The molecule has 4 nitrogen and oxygen atoms in total. The van der Waals surface area contributed by atoms with Crippen LogP contribution in [0.25, 0.3) is 11.5 Å². The first kappa shape index (κ1) is 9.15. The molecular formula is C9H8ClN3O. The van der Waals surface area contributed by atoms with Gasteiger partial charge < -0.3 is 4.42 Å². The summed E-state index contributed by atoms with van der Waals surface area (Å²) in [4.78, 5) is 12.4. The fourth-order valence-electron chi connectivity index (χ4n) is 1.11. The summed E-state index contributed by atoms with van der Waals surface area (Å²) in [5.41, 5.74) is 1.41. The van der Waals surface area contributed by atoms with Crippen LogP contribution in [-0.2, 0) is 0 Å². The fourth-order valence-corrected chi connectivity index (χ4v) is 1.35. The Balaban J connectivity index is 2.51. The van der Waals surface area contributed by atoms with Crippen molar-refractivity contribution in [3.05, 3.63) is 29.1 Å². The van der Waals surface area contributed by atoms with E-state index in [9.17, 15) is 0 Å². The van der Waals surface area contributed by atoms with Gasteiger partial charge in [0.25, 0.3) is 0 Å². The monoisotopic (exact) mass is 209 g/mol. The Hall–Kier alpha value is -1.42. The number of oxazole rings is 1. The quantitative estimate of drug-likeness (QED) is 0.677. The smallest absolute Gasteiger partial charge is 0.191 e. The van der Waals surface area contributed by atoms with Gasteiger partial charge in [-0.05, 0) is 13.0 Å². The second kappa shape index (κ2) is 3.38. The summed E-state index contributed by atoms with van der Waals surface area (Å²) in [6.45, 7) is 3.62. The van der Waals surface area contributed by atoms with E-state index in [4.69, 9.17) is 16.0 Å². The first-order chi connectivity index (χ1) is 6.65. The van der Waals surface area contributed by atoms with Crippen LogP contribution in [0.4, 0.5) is 0 Å². The van der Waals surface area contributed by atoms with Crippen LogP contribution < -0.4 is 0 Å². The van der Waals surface area contributed by atoms with Gasteiger partial charge in [-0.2, -0.15) is 0 Å². The Labute approximate surface area is 86.0 Å². The predicted octanol–water partition coefficient (Wildman–Crippen LogP) is 2.40. The molecule has 0 bridgehead atoms. The Morgan fingerprint density at radius 1 is 1.21 bits per heavy atom. The van der Waals surface area contributed by atoms with Crippen molar-refractivity contribution < 1.29 is 4.42 Å². The summed E-state index contributed by atoms with van der Waals surface area (Å²) in [7, 11) is 0. The summed E-state index contributed by atoms with van der Waals surface area (Å²) in [5, 5.41) is 0.410. The van der Waals surface area contributed by atoms with Crippen molar-refractivity contribution in [3.8, 4) is 11.5 Å². The van der Waals surface area contributed by atoms with Crippen LogP contribution in [0.2, 0.25) is 5.15 Å². The van der Waals surface area contributed by atoms with Crippen molar-refractivity contribution in [1.82, 2.24) is 15.0 Å². The van der Waals surface area contributed by atoms with Gasteiger partial charge in [0.1, 0.15) is 17.1 Å². The fraction of sp³-hybridized carbons (Fsp3) is 0.222. The Morgan fingerprint density at radius 2 is 2.00 bits per heavy atom. The number of hydrogen-bond acceptors (Lipinski definition) is 4. The normalized spacial score (nSPS) is 10.5. The first-order valence-corrected chi connectivity index (χ1v) is 4.46. The maximum atomic E-state index is 5.80. The van der Waals surface area contributed by atoms with Crippen LogP contribution in [0.3, 0.4) is 0 Å². The van der Waals surface area contributed by atoms with Crippen molar-refractivity contribution in [3.63, 3.8) is 0 Å². The van der Waals surface area contributed by atoms with Gasteiger partial charge in [-0.25, -0.2) is 15.0 Å². The van der Waals surface area contributed by atoms with E-state index >= 15 is 0 Å². The topological polar surface area (TPSA) is 51.8 Å². The van der Waals surface area contributed by atoms with E-state index in [0.29, 0.717) is 22.6 Å². The maximum absolute atomic E-state index is 5.80. The molecule has 0 aromatic carbocycles. The molecule has 72 valence electrons. The lowest BCUT2D eigenvalue weighted by atomic mass is 10.4. The van der Waals surface area contributed by atoms with Gasteiger partial charge in [-0.3, -0.25) is 0 Å². The lowest BCUT2D eigenvalue weighted by Crippen LogP contribution is -1.92. The van der Waals surface area contributed by atoms with Crippen LogP contribution >= 0.6 is 11.6 Å². The van der Waals surface area contributed by atoms with Crippen LogP contribution in [0.15, 0.2) is 16.7 Å². The third kappa shape index (κ3) is 1.75. The van der Waals surface area contributed by atoms with E-state index in [1.807, 2.05) is 6.92 Å². The molecular weight excluding hydrogens is 202 g/mol. The molecule has 0 radical (unpaired) electrons. The zero-order valence-corrected chi connectivity index (χ0v) is 8.54. The molecule has 0 aliphatic carbocycles. The van der Waals surface area contributed by atoms with Crippen molar-refractivity contribution in [2.75, 3.05) is 0 Å². The van der Waals surface area contributed by atoms with E-state index in [0.717, 1.165) is 5.69 Å². The molecule has 0 unspecified atom stereocenters. The number of hydrogen-bond donors (Lipinski definition) is 0. The molecule has 0 aliphatic rings. The van der Waals surface area contributed by atoms with E-state index in [-0.39, 0.29) is 0 Å². The highest BCUT2D eigenvalue weighted by molar-refractivity contribution is 6.29. The van der Waals surface area contributed by atoms with Gasteiger partial charge in [0, 0.05) is 12.6 Å². The summed E-state index contributed by atoms with van der Waals surface area (Å²) < 4.78 is 5.06. The molecule has 0 aliphatic heterocycles. The highest BCUT2D eigenvalue weighted by Crippen LogP contribution is 2.16. The molecule has 2 rings (SSSR count). The molecule has 0 saturated carbocycles. The van der Waals surface area contributed by atoms with E-state index in [1.54, 1.807) is 13.0 Å². The Bertz CT molecular complexity index is 447. The average Bonchev–Trinajstić information content (AvgIpc) is 2.50. The summed E-state index contributed by atoms with van der Waals surface area (Å²) >= 11 is 5.80. The largest absolute Gasteiger partial charge is 0.449 e. The second-order valence-corrected chi connectivity index (χ2v) is 3.29. The number of nitrogens with zero attached hydrogens (tertiary/aromatic N) is 3. The highest BCUT2D eigenvalue weighted by atomic mass is 35.5. The number of aromatic nitrogens is 3. The SMILES string of the molecule is Cc1cc(Cl)nc(-c2coc(C)n2)n1. The third-order valence-electron chi connectivity index (χ3n) is 1.67. The summed E-state index contributed by atoms with van der Waals surface area (Å²) in [5.74, 6) is 1.08. The van der Waals surface area contributed by atoms with Gasteiger partial charge in [0.05, 0.1) is 0 Å². The van der Waals surface area contributed by atoms with Crippen LogP contribution in [-0.4, -0.2) is 15.0 Å². The molecule has 14 heavy (non-hydrogen) atoms. The molecule has 0 N–H and O–H groups in total. The molecule has 0 spiro atoms. The molecule has 2 aromatic heterocycles. The summed E-state index contributed by atoms with van der Waals surface area (Å²) in [6.07, 6.45) is 1.51. The lowest BCUT2D eigenvalue weighted by Gasteiger charge is -1.97. The molecule has 5 heteroatoms. The van der Waals surface area contributed by atoms with Crippen molar-refractivity contribution in [2.24, 2.45) is 0 Å². The van der Waals surface area contributed by atoms with Gasteiger partial charge in [0.2, 0.25) is 0 Å². The Morgan fingerprint density at radius 3 is 2.57 bits per heavy atom. The molecule has 0 saturated heterocycles. The zero-order chi connectivity index (χ0) is 10.1. The van der Waals surface area contributed by atoms with Crippen molar-refractivity contribution >= 4 is 11.6 Å². The lowest BCUT2D eigenvalue weighted by molar-refractivity contribution is 0.521. The van der Waals surface area contributed by atoms with Crippen LogP contribution in [0.5, 0.6) is 0 Å². The molecule has 2 heterocycles. The maximum Gasteiger partial charge on any atom is 0.191 e. The predicted molar refractivity (Wildman–Crippen MR) is 52.0 cm³/mol. The van der Waals surface area contributed by atoms with Crippen LogP contribution in [0.1, 0.15) is 11.6 Å². The number of aryl methyl sites for hydroxylation is 2. The van der Waals surface area contributed by atoms with Gasteiger partial charge in [0.15, 0.2) is 11.7 Å². The minimum atomic E-state index is 0.410. The highest BCUT2D eigenvalue weighted by Gasteiger charge is 2.07. The zero-order valence-electron chi connectivity index (χ0n) is 7.78. The molecule has 0 atom stereocenters. The first-order valence-electron chi connectivity index (χ1n) is 4.09. The van der Waals surface area contributed by atoms with Gasteiger partial charge in [-0.15, -0.1) is 0 Å². The van der Waals surface area contributed by atoms with E-state index < -0.39 is 0 Å². The van der Waals surface area contributed by atoms with Gasteiger partial charge >= 0.3 is 0 Å². The molecule has 0 amide bonds. The third-order valence-corrected chi connectivity index (χ3v) is 1.86. The standard InChI is InChI=1S/C9H8ClN3O/c1-5-3-8(10)13-9(11-5)7-4-14-6(2)12-7/h3-4H,1-2H3. The second-order valence-electron chi connectivity index (χ2n) is 2.91. The number of halogens is 1. The van der Waals surface area contributed by atoms with E-state index in [2.05, 4.69) is 15.0 Å². The molecule has 2 aromatic rings. The average molecular weight is 210 g/mol. The minimum absolute atomic E-state index is 0.410. The van der Waals surface area contributed by atoms with Crippen molar-refractivity contribution in [1.29, 1.82) is 0 Å². The molecule has 0 fully saturated rings.